The van der Waals surface area contributed by atoms with E-state index in [-0.39, 0.29) is 11.9 Å². The predicted molar refractivity (Wildman–Crippen MR) is 67.1 cm³/mol. The van der Waals surface area contributed by atoms with Gasteiger partial charge in [-0.1, -0.05) is 18.2 Å². The zero-order chi connectivity index (χ0) is 12.1. The number of hydrogen-bond donors (Lipinski definition) is 1. The van der Waals surface area contributed by atoms with Crippen LogP contribution in [-0.4, -0.2) is 13.1 Å². The van der Waals surface area contributed by atoms with Crippen molar-refractivity contribution in [3.63, 3.8) is 0 Å². The molecule has 0 fully saturated rings. The van der Waals surface area contributed by atoms with Crippen molar-refractivity contribution in [2.45, 2.75) is 19.9 Å². The number of rotatable bonds is 5. The van der Waals surface area contributed by atoms with Crippen LogP contribution in [-0.2, 0) is 0 Å². The van der Waals surface area contributed by atoms with Crippen LogP contribution in [0.2, 0.25) is 0 Å². The van der Waals surface area contributed by atoms with E-state index in [4.69, 9.17) is 5.73 Å². The molecule has 0 spiro atoms. The van der Waals surface area contributed by atoms with Crippen LogP contribution in [0, 0.1) is 5.82 Å². The summed E-state index contributed by atoms with van der Waals surface area (Å²) in [6.07, 6.45) is 1.76. The molecule has 2 N–H and O–H groups in total. The average molecular weight is 222 g/mol. The Bertz CT molecular complexity index is 361. The molecule has 0 aromatic heterocycles. The van der Waals surface area contributed by atoms with Gasteiger partial charge in [0.2, 0.25) is 0 Å². The van der Waals surface area contributed by atoms with E-state index in [1.165, 1.54) is 6.07 Å². The van der Waals surface area contributed by atoms with Crippen LogP contribution < -0.4 is 10.6 Å². The molecule has 0 aliphatic carbocycles. The van der Waals surface area contributed by atoms with Gasteiger partial charge < -0.3 is 10.6 Å². The molecule has 88 valence electrons. The molecule has 0 aliphatic rings. The fraction of sp³-hybridized carbons (Fsp3) is 0.385. The number of nitrogens with zero attached hydrogens (tertiary/aromatic N) is 1. The predicted octanol–water partition coefficient (Wildman–Crippen LogP) is 2.86. The molecule has 0 saturated heterocycles. The highest BCUT2D eigenvalue weighted by molar-refractivity contribution is 5.56. The quantitative estimate of drug-likeness (QED) is 0.776. The number of likely N-dealkylation sites (N-methyl/N-ethyl adjacent to an activating group) is 1. The first-order valence-corrected chi connectivity index (χ1v) is 5.51. The molecule has 3 heteroatoms. The second-order valence-corrected chi connectivity index (χ2v) is 3.79. The molecule has 0 heterocycles. The summed E-state index contributed by atoms with van der Waals surface area (Å²) < 4.78 is 13.8. The highest BCUT2D eigenvalue weighted by Crippen LogP contribution is 2.28. The fourth-order valence-electron chi connectivity index (χ4n) is 1.77. The Morgan fingerprint density at radius 1 is 1.56 bits per heavy atom. The van der Waals surface area contributed by atoms with Crippen LogP contribution >= 0.6 is 0 Å². The lowest BCUT2D eigenvalue weighted by molar-refractivity contribution is 0.615. The van der Waals surface area contributed by atoms with Crippen LogP contribution in [0.15, 0.2) is 30.9 Å². The Balaban J connectivity index is 3.22. The Labute approximate surface area is 96.6 Å². The molecule has 0 radical (unpaired) electrons. The number of halogens is 1. The van der Waals surface area contributed by atoms with Gasteiger partial charge in [-0.25, -0.2) is 4.39 Å². The smallest absolute Gasteiger partial charge is 0.146 e. The van der Waals surface area contributed by atoms with Crippen molar-refractivity contribution in [3.05, 3.63) is 42.2 Å². The van der Waals surface area contributed by atoms with E-state index in [0.717, 1.165) is 12.1 Å². The van der Waals surface area contributed by atoms with Gasteiger partial charge in [0.05, 0.1) is 5.69 Å². The first-order valence-electron chi connectivity index (χ1n) is 5.51. The summed E-state index contributed by atoms with van der Waals surface area (Å²) in [4.78, 5) is 1.93. The molecule has 0 saturated carbocycles. The standard InChI is InChI=1S/C13H19FN2/c1-4-9-16(5-2)13-11(10(3)15)7-6-8-12(13)14/h4,6-8,10H,1,5,9,15H2,2-3H3. The van der Waals surface area contributed by atoms with Gasteiger partial charge in [-0.15, -0.1) is 6.58 Å². The third kappa shape index (κ3) is 2.61. The second kappa shape index (κ2) is 5.66. The summed E-state index contributed by atoms with van der Waals surface area (Å²) in [6, 6.07) is 4.85. The highest BCUT2D eigenvalue weighted by Gasteiger charge is 2.15. The Morgan fingerprint density at radius 3 is 2.75 bits per heavy atom. The minimum Gasteiger partial charge on any atom is -0.365 e. The molecule has 1 aromatic rings. The molecule has 16 heavy (non-hydrogen) atoms. The molecule has 2 nitrogen and oxygen atoms in total. The van der Waals surface area contributed by atoms with Crippen LogP contribution in [0.4, 0.5) is 10.1 Å². The Morgan fingerprint density at radius 2 is 2.25 bits per heavy atom. The van der Waals surface area contributed by atoms with Gasteiger partial charge in [-0.2, -0.15) is 0 Å². The van der Waals surface area contributed by atoms with Gasteiger partial charge >= 0.3 is 0 Å². The maximum atomic E-state index is 13.8. The third-order valence-corrected chi connectivity index (χ3v) is 2.56. The number of para-hydroxylation sites is 1. The molecule has 0 amide bonds. The number of anilines is 1. The van der Waals surface area contributed by atoms with Gasteiger partial charge in [0, 0.05) is 19.1 Å². The van der Waals surface area contributed by atoms with E-state index in [0.29, 0.717) is 12.2 Å². The first kappa shape index (κ1) is 12.7. The van der Waals surface area contributed by atoms with Gasteiger partial charge in [0.1, 0.15) is 5.82 Å². The van der Waals surface area contributed by atoms with E-state index in [1.807, 2.05) is 24.8 Å². The summed E-state index contributed by atoms with van der Waals surface area (Å²) in [7, 11) is 0. The molecule has 1 rings (SSSR count). The molecule has 1 unspecified atom stereocenters. The average Bonchev–Trinajstić information content (AvgIpc) is 2.26. The highest BCUT2D eigenvalue weighted by atomic mass is 19.1. The first-order chi connectivity index (χ1) is 7.61. The van der Waals surface area contributed by atoms with Crippen molar-refractivity contribution >= 4 is 5.69 Å². The van der Waals surface area contributed by atoms with Crippen molar-refractivity contribution in [1.82, 2.24) is 0 Å². The van der Waals surface area contributed by atoms with Crippen molar-refractivity contribution < 1.29 is 4.39 Å². The van der Waals surface area contributed by atoms with Gasteiger partial charge in [-0.05, 0) is 25.5 Å². The van der Waals surface area contributed by atoms with Gasteiger partial charge in [0.15, 0.2) is 0 Å². The summed E-state index contributed by atoms with van der Waals surface area (Å²) in [5.74, 6) is -0.224. The fourth-order valence-corrected chi connectivity index (χ4v) is 1.77. The van der Waals surface area contributed by atoms with E-state index in [2.05, 4.69) is 6.58 Å². The Kier molecular flexibility index (Phi) is 4.50. The minimum atomic E-state index is -0.224. The molecular formula is C13H19FN2. The lowest BCUT2D eigenvalue weighted by Gasteiger charge is -2.26. The summed E-state index contributed by atoms with van der Waals surface area (Å²) >= 11 is 0. The van der Waals surface area contributed by atoms with Gasteiger partial charge in [0.25, 0.3) is 0 Å². The largest absolute Gasteiger partial charge is 0.365 e. The molecule has 1 atom stereocenters. The molecular weight excluding hydrogens is 203 g/mol. The van der Waals surface area contributed by atoms with Crippen molar-refractivity contribution in [3.8, 4) is 0 Å². The summed E-state index contributed by atoms with van der Waals surface area (Å²) in [5, 5.41) is 0. The van der Waals surface area contributed by atoms with E-state index in [1.54, 1.807) is 12.1 Å². The molecule has 1 aromatic carbocycles. The second-order valence-electron chi connectivity index (χ2n) is 3.79. The lowest BCUT2D eigenvalue weighted by Crippen LogP contribution is -2.26. The van der Waals surface area contributed by atoms with Crippen LogP contribution in [0.5, 0.6) is 0 Å². The number of hydrogen-bond acceptors (Lipinski definition) is 2. The normalized spacial score (nSPS) is 12.2. The van der Waals surface area contributed by atoms with E-state index < -0.39 is 0 Å². The number of benzene rings is 1. The number of nitrogens with two attached hydrogens (primary N) is 1. The topological polar surface area (TPSA) is 29.3 Å². The lowest BCUT2D eigenvalue weighted by atomic mass is 10.1. The van der Waals surface area contributed by atoms with Crippen molar-refractivity contribution in [2.24, 2.45) is 5.73 Å². The zero-order valence-electron chi connectivity index (χ0n) is 9.91. The molecule has 0 bridgehead atoms. The summed E-state index contributed by atoms with van der Waals surface area (Å²) in [6.45, 7) is 8.88. The SMILES string of the molecule is C=CCN(CC)c1c(F)cccc1C(C)N. The van der Waals surface area contributed by atoms with Crippen molar-refractivity contribution in [2.75, 3.05) is 18.0 Å². The maximum Gasteiger partial charge on any atom is 0.146 e. The van der Waals surface area contributed by atoms with Crippen LogP contribution in [0.1, 0.15) is 25.5 Å². The van der Waals surface area contributed by atoms with Crippen molar-refractivity contribution in [1.29, 1.82) is 0 Å². The monoisotopic (exact) mass is 222 g/mol. The summed E-state index contributed by atoms with van der Waals surface area (Å²) in [5.41, 5.74) is 7.29. The van der Waals surface area contributed by atoms with Crippen LogP contribution in [0.3, 0.4) is 0 Å². The molecule has 0 aliphatic heterocycles. The van der Waals surface area contributed by atoms with Gasteiger partial charge in [-0.3, -0.25) is 0 Å². The van der Waals surface area contributed by atoms with E-state index >= 15 is 0 Å². The van der Waals surface area contributed by atoms with Crippen LogP contribution in [0.25, 0.3) is 0 Å². The zero-order valence-corrected chi connectivity index (χ0v) is 9.91. The van der Waals surface area contributed by atoms with E-state index in [9.17, 15) is 4.39 Å². The minimum absolute atomic E-state index is 0.176. The maximum absolute atomic E-state index is 13.8. The third-order valence-electron chi connectivity index (χ3n) is 2.56. The Hall–Kier alpha value is -1.35.